The van der Waals surface area contributed by atoms with Gasteiger partial charge in [0.2, 0.25) is 11.8 Å². The van der Waals surface area contributed by atoms with Gasteiger partial charge in [0.1, 0.15) is 0 Å². The Bertz CT molecular complexity index is 1060. The Morgan fingerprint density at radius 3 is 2.58 bits per heavy atom. The SMILES string of the molecule is CC(=O)Nc1cccc(NC(=O)C2CCCN(c3ccc(-c4cccnc4)nn3)C2)c1. The summed E-state index contributed by atoms with van der Waals surface area (Å²) < 4.78 is 0. The number of piperidine rings is 1. The number of amides is 2. The van der Waals surface area contributed by atoms with Crippen molar-refractivity contribution in [3.63, 3.8) is 0 Å². The maximum Gasteiger partial charge on any atom is 0.229 e. The van der Waals surface area contributed by atoms with Crippen LogP contribution in [0, 0.1) is 5.92 Å². The third-order valence-corrected chi connectivity index (χ3v) is 5.17. The van der Waals surface area contributed by atoms with Gasteiger partial charge in [0.25, 0.3) is 0 Å². The monoisotopic (exact) mass is 416 g/mol. The summed E-state index contributed by atoms with van der Waals surface area (Å²) in [6.07, 6.45) is 5.19. The second kappa shape index (κ2) is 9.34. The van der Waals surface area contributed by atoms with E-state index in [4.69, 9.17) is 0 Å². The Labute approximate surface area is 180 Å². The molecule has 1 fully saturated rings. The third-order valence-electron chi connectivity index (χ3n) is 5.17. The molecule has 0 radical (unpaired) electrons. The molecule has 1 saturated heterocycles. The van der Waals surface area contributed by atoms with E-state index >= 15 is 0 Å². The summed E-state index contributed by atoms with van der Waals surface area (Å²) in [6.45, 7) is 2.87. The average molecular weight is 416 g/mol. The molecule has 158 valence electrons. The van der Waals surface area contributed by atoms with Crippen LogP contribution in [0.1, 0.15) is 19.8 Å². The van der Waals surface area contributed by atoms with E-state index in [1.807, 2.05) is 30.3 Å². The van der Waals surface area contributed by atoms with Crippen molar-refractivity contribution >= 4 is 29.0 Å². The van der Waals surface area contributed by atoms with Gasteiger partial charge in [0.05, 0.1) is 11.6 Å². The zero-order valence-corrected chi connectivity index (χ0v) is 17.3. The highest BCUT2D eigenvalue weighted by Gasteiger charge is 2.27. The molecule has 8 nitrogen and oxygen atoms in total. The lowest BCUT2D eigenvalue weighted by molar-refractivity contribution is -0.120. The highest BCUT2D eigenvalue weighted by Crippen LogP contribution is 2.24. The van der Waals surface area contributed by atoms with E-state index in [1.165, 1.54) is 6.92 Å². The number of aromatic nitrogens is 3. The van der Waals surface area contributed by atoms with Gasteiger partial charge in [-0.25, -0.2) is 0 Å². The average Bonchev–Trinajstić information content (AvgIpc) is 2.80. The summed E-state index contributed by atoms with van der Waals surface area (Å²) in [7, 11) is 0. The number of carbonyl (C=O) groups is 2. The van der Waals surface area contributed by atoms with Crippen LogP contribution in [-0.2, 0) is 9.59 Å². The van der Waals surface area contributed by atoms with Gasteiger partial charge in [-0.05, 0) is 55.3 Å². The Morgan fingerprint density at radius 2 is 1.87 bits per heavy atom. The Hall–Kier alpha value is -3.81. The number of benzene rings is 1. The van der Waals surface area contributed by atoms with Gasteiger partial charge >= 0.3 is 0 Å². The van der Waals surface area contributed by atoms with E-state index < -0.39 is 0 Å². The quantitative estimate of drug-likeness (QED) is 0.662. The lowest BCUT2D eigenvalue weighted by Crippen LogP contribution is -2.41. The first-order valence-electron chi connectivity index (χ1n) is 10.3. The predicted molar refractivity (Wildman–Crippen MR) is 120 cm³/mol. The highest BCUT2D eigenvalue weighted by molar-refractivity contribution is 5.94. The Morgan fingerprint density at radius 1 is 1.03 bits per heavy atom. The number of nitrogens with zero attached hydrogens (tertiary/aromatic N) is 4. The van der Waals surface area contributed by atoms with Crippen LogP contribution in [0.4, 0.5) is 17.2 Å². The molecule has 0 saturated carbocycles. The normalized spacial score (nSPS) is 15.9. The van der Waals surface area contributed by atoms with E-state index in [-0.39, 0.29) is 17.7 Å². The van der Waals surface area contributed by atoms with Crippen LogP contribution < -0.4 is 15.5 Å². The Balaban J connectivity index is 1.40. The summed E-state index contributed by atoms with van der Waals surface area (Å²) in [6, 6.07) is 14.8. The molecule has 8 heteroatoms. The fraction of sp³-hybridized carbons (Fsp3) is 0.261. The van der Waals surface area contributed by atoms with Gasteiger partial charge in [-0.3, -0.25) is 14.6 Å². The minimum absolute atomic E-state index is 0.0374. The topological polar surface area (TPSA) is 100 Å². The van der Waals surface area contributed by atoms with Gasteiger partial charge in [-0.1, -0.05) is 6.07 Å². The molecule has 31 heavy (non-hydrogen) atoms. The zero-order chi connectivity index (χ0) is 21.6. The van der Waals surface area contributed by atoms with Crippen LogP contribution in [0.25, 0.3) is 11.3 Å². The van der Waals surface area contributed by atoms with Crippen LogP contribution >= 0.6 is 0 Å². The zero-order valence-electron chi connectivity index (χ0n) is 17.3. The van der Waals surface area contributed by atoms with Gasteiger partial charge in [0.15, 0.2) is 5.82 Å². The number of carbonyl (C=O) groups excluding carboxylic acids is 2. The minimum Gasteiger partial charge on any atom is -0.354 e. The molecule has 4 rings (SSSR count). The van der Waals surface area contributed by atoms with Crippen LogP contribution in [-0.4, -0.2) is 40.1 Å². The Kier molecular flexibility index (Phi) is 6.16. The second-order valence-corrected chi connectivity index (χ2v) is 7.55. The molecule has 1 aliphatic rings. The molecule has 3 aromatic rings. The molecular formula is C23H24N6O2. The summed E-state index contributed by atoms with van der Waals surface area (Å²) in [4.78, 5) is 30.3. The van der Waals surface area contributed by atoms with E-state index in [1.54, 1.807) is 30.6 Å². The standard InChI is InChI=1S/C23H24N6O2/c1-16(30)25-19-7-2-8-20(13-19)26-23(31)18-6-4-12-29(15-18)22-10-9-21(27-28-22)17-5-3-11-24-14-17/h2-3,5,7-11,13-14,18H,4,6,12,15H2,1H3,(H,25,30)(H,26,31). The molecule has 1 atom stereocenters. The van der Waals surface area contributed by atoms with Crippen molar-refractivity contribution in [2.24, 2.45) is 5.92 Å². The molecule has 2 amide bonds. The van der Waals surface area contributed by atoms with E-state index in [9.17, 15) is 9.59 Å². The number of anilines is 3. The molecule has 2 aromatic heterocycles. The fourth-order valence-electron chi connectivity index (χ4n) is 3.68. The molecule has 0 spiro atoms. The molecule has 0 bridgehead atoms. The van der Waals surface area contributed by atoms with Gasteiger partial charge in [-0.2, -0.15) is 0 Å². The maximum atomic E-state index is 12.8. The number of hydrogen-bond donors (Lipinski definition) is 2. The molecule has 2 N–H and O–H groups in total. The molecule has 0 aliphatic carbocycles. The third kappa shape index (κ3) is 5.22. The molecule has 1 unspecified atom stereocenters. The van der Waals surface area contributed by atoms with Crippen molar-refractivity contribution in [1.82, 2.24) is 15.2 Å². The lowest BCUT2D eigenvalue weighted by atomic mass is 9.97. The first-order valence-corrected chi connectivity index (χ1v) is 10.3. The first-order chi connectivity index (χ1) is 15.1. The number of pyridine rings is 1. The van der Waals surface area contributed by atoms with Crippen LogP contribution in [0.2, 0.25) is 0 Å². The molecule has 1 aromatic carbocycles. The van der Waals surface area contributed by atoms with Gasteiger partial charge in [0, 0.05) is 49.3 Å². The molecule has 3 heterocycles. The van der Waals surface area contributed by atoms with Crippen LogP contribution in [0.5, 0.6) is 0 Å². The lowest BCUT2D eigenvalue weighted by Gasteiger charge is -2.32. The van der Waals surface area contributed by atoms with Crippen LogP contribution in [0.3, 0.4) is 0 Å². The van der Waals surface area contributed by atoms with Crippen molar-refractivity contribution in [3.05, 3.63) is 60.9 Å². The predicted octanol–water partition coefficient (Wildman–Crippen LogP) is 3.35. The summed E-state index contributed by atoms with van der Waals surface area (Å²) in [5, 5.41) is 14.4. The van der Waals surface area contributed by atoms with E-state index in [0.29, 0.717) is 17.9 Å². The second-order valence-electron chi connectivity index (χ2n) is 7.55. The van der Waals surface area contributed by atoms with Gasteiger partial charge < -0.3 is 15.5 Å². The van der Waals surface area contributed by atoms with Crippen molar-refractivity contribution < 1.29 is 9.59 Å². The summed E-state index contributed by atoms with van der Waals surface area (Å²) >= 11 is 0. The summed E-state index contributed by atoms with van der Waals surface area (Å²) in [5.74, 6) is 0.419. The summed E-state index contributed by atoms with van der Waals surface area (Å²) in [5.41, 5.74) is 3.00. The van der Waals surface area contributed by atoms with Crippen molar-refractivity contribution in [2.75, 3.05) is 28.6 Å². The van der Waals surface area contributed by atoms with E-state index in [2.05, 4.69) is 30.7 Å². The smallest absolute Gasteiger partial charge is 0.229 e. The number of hydrogen-bond acceptors (Lipinski definition) is 6. The van der Waals surface area contributed by atoms with Gasteiger partial charge in [-0.15, -0.1) is 10.2 Å². The fourth-order valence-corrected chi connectivity index (χ4v) is 3.68. The largest absolute Gasteiger partial charge is 0.354 e. The van der Waals surface area contributed by atoms with E-state index in [0.717, 1.165) is 36.5 Å². The molecular weight excluding hydrogens is 392 g/mol. The maximum absolute atomic E-state index is 12.8. The van der Waals surface area contributed by atoms with Crippen molar-refractivity contribution in [3.8, 4) is 11.3 Å². The molecule has 1 aliphatic heterocycles. The van der Waals surface area contributed by atoms with Crippen LogP contribution in [0.15, 0.2) is 60.9 Å². The highest BCUT2D eigenvalue weighted by atomic mass is 16.2. The number of nitrogens with one attached hydrogen (secondary N) is 2. The first kappa shape index (κ1) is 20.5. The minimum atomic E-state index is -0.155. The number of rotatable bonds is 5. The van der Waals surface area contributed by atoms with Crippen molar-refractivity contribution in [1.29, 1.82) is 0 Å². The van der Waals surface area contributed by atoms with Crippen molar-refractivity contribution in [2.45, 2.75) is 19.8 Å².